The van der Waals surface area contributed by atoms with Crippen LogP contribution in [0.4, 0.5) is 0 Å². The highest BCUT2D eigenvalue weighted by atomic mass is 16.5. The Bertz CT molecular complexity index is 608. The largest absolute Gasteiger partial charge is 0.493 e. The molecule has 0 amide bonds. The van der Waals surface area contributed by atoms with Crippen LogP contribution in [0, 0.1) is 0 Å². The predicted octanol–water partition coefficient (Wildman–Crippen LogP) is 1.66. The molecule has 2 atom stereocenters. The zero-order chi connectivity index (χ0) is 14.1. The van der Waals surface area contributed by atoms with E-state index in [1.807, 2.05) is 11.7 Å². The fourth-order valence-corrected chi connectivity index (χ4v) is 3.26. The van der Waals surface area contributed by atoms with Crippen LogP contribution >= 0.6 is 0 Å². The number of hydrogen-bond donors (Lipinski definition) is 2. The number of nitrogens with zero attached hydrogens (tertiary/aromatic N) is 2. The summed E-state index contributed by atoms with van der Waals surface area (Å²) in [4.78, 5) is 0. The van der Waals surface area contributed by atoms with Gasteiger partial charge in [0.1, 0.15) is 0 Å². The lowest BCUT2D eigenvalue weighted by Crippen LogP contribution is -2.33. The highest BCUT2D eigenvalue weighted by molar-refractivity contribution is 5.39. The van der Waals surface area contributed by atoms with Gasteiger partial charge < -0.3 is 4.74 Å². The van der Waals surface area contributed by atoms with Gasteiger partial charge in [-0.15, -0.1) is 0 Å². The fourth-order valence-electron chi connectivity index (χ4n) is 3.26. The molecule has 106 valence electrons. The Morgan fingerprint density at radius 2 is 2.25 bits per heavy atom. The Balaban J connectivity index is 2.01. The van der Waals surface area contributed by atoms with E-state index in [0.717, 1.165) is 24.3 Å². The van der Waals surface area contributed by atoms with Crippen molar-refractivity contribution in [1.82, 2.24) is 15.2 Å². The molecule has 5 heteroatoms. The van der Waals surface area contributed by atoms with Gasteiger partial charge in [0.15, 0.2) is 5.75 Å². The molecular formula is C15H20N4O. The smallest absolute Gasteiger partial charge is 0.161 e. The average Bonchev–Trinajstić information content (AvgIpc) is 3.06. The average molecular weight is 272 g/mol. The molecule has 0 bridgehead atoms. The van der Waals surface area contributed by atoms with Crippen molar-refractivity contribution >= 4 is 0 Å². The highest BCUT2D eigenvalue weighted by Gasteiger charge is 2.33. The molecule has 3 rings (SSSR count). The van der Waals surface area contributed by atoms with Crippen molar-refractivity contribution in [3.05, 3.63) is 47.3 Å². The van der Waals surface area contributed by atoms with Crippen molar-refractivity contribution in [3.8, 4) is 5.75 Å². The zero-order valence-electron chi connectivity index (χ0n) is 11.8. The number of aryl methyl sites for hydroxylation is 2. The summed E-state index contributed by atoms with van der Waals surface area (Å²) in [7, 11) is 3.58. The molecule has 1 aromatic carbocycles. The first-order chi connectivity index (χ1) is 9.76. The lowest BCUT2D eigenvalue weighted by atomic mass is 9.91. The second-order valence-electron chi connectivity index (χ2n) is 5.21. The quantitative estimate of drug-likeness (QED) is 0.656. The van der Waals surface area contributed by atoms with Crippen molar-refractivity contribution in [2.75, 3.05) is 7.11 Å². The summed E-state index contributed by atoms with van der Waals surface area (Å²) in [6.07, 6.45) is 3.92. The molecule has 5 nitrogen and oxygen atoms in total. The molecule has 2 unspecified atom stereocenters. The van der Waals surface area contributed by atoms with Crippen molar-refractivity contribution < 1.29 is 4.74 Å². The first kappa shape index (κ1) is 13.1. The number of ether oxygens (including phenoxy) is 1. The molecule has 1 heterocycles. The molecule has 0 aliphatic heterocycles. The normalized spacial score (nSPS) is 18.9. The minimum atomic E-state index is 0.00102. The fraction of sp³-hybridized carbons (Fsp3) is 0.400. The minimum absolute atomic E-state index is 0.00102. The van der Waals surface area contributed by atoms with E-state index in [4.69, 9.17) is 10.6 Å². The van der Waals surface area contributed by atoms with Crippen LogP contribution in [-0.4, -0.2) is 16.9 Å². The summed E-state index contributed by atoms with van der Waals surface area (Å²) in [5.74, 6) is 6.97. The Kier molecular flexibility index (Phi) is 3.46. The molecule has 1 aromatic heterocycles. The maximum absolute atomic E-state index is 5.85. The molecule has 0 saturated carbocycles. The summed E-state index contributed by atoms with van der Waals surface area (Å²) in [5, 5.41) is 4.28. The number of hydrogen-bond acceptors (Lipinski definition) is 4. The summed E-state index contributed by atoms with van der Waals surface area (Å²) in [5.41, 5.74) is 6.75. The van der Waals surface area contributed by atoms with E-state index < -0.39 is 0 Å². The summed E-state index contributed by atoms with van der Waals surface area (Å²) < 4.78 is 7.26. The molecule has 2 aromatic rings. The number of benzene rings is 1. The van der Waals surface area contributed by atoms with Gasteiger partial charge >= 0.3 is 0 Å². The molecule has 20 heavy (non-hydrogen) atoms. The third-order valence-corrected chi connectivity index (χ3v) is 4.22. The Morgan fingerprint density at radius 1 is 1.45 bits per heavy atom. The van der Waals surface area contributed by atoms with Crippen LogP contribution in [-0.2, 0) is 13.5 Å². The molecule has 1 aliphatic rings. The van der Waals surface area contributed by atoms with Gasteiger partial charge in [-0.25, -0.2) is 0 Å². The second kappa shape index (κ2) is 5.26. The van der Waals surface area contributed by atoms with E-state index in [9.17, 15) is 0 Å². The van der Waals surface area contributed by atoms with E-state index in [2.05, 4.69) is 34.8 Å². The van der Waals surface area contributed by atoms with Gasteiger partial charge in [0.25, 0.3) is 0 Å². The van der Waals surface area contributed by atoms with Crippen LogP contribution in [0.3, 0.4) is 0 Å². The van der Waals surface area contributed by atoms with Crippen LogP contribution in [0.25, 0.3) is 0 Å². The number of nitrogens with two attached hydrogens (primary N) is 1. The monoisotopic (exact) mass is 272 g/mol. The molecule has 0 radical (unpaired) electrons. The number of rotatable bonds is 4. The van der Waals surface area contributed by atoms with Crippen molar-refractivity contribution in [1.29, 1.82) is 0 Å². The highest BCUT2D eigenvalue weighted by Crippen LogP contribution is 2.43. The summed E-state index contributed by atoms with van der Waals surface area (Å²) in [6, 6.07) is 8.58. The number of fused-ring (bicyclic) bond motifs is 1. The molecule has 1 aliphatic carbocycles. The second-order valence-corrected chi connectivity index (χ2v) is 5.21. The first-order valence-electron chi connectivity index (χ1n) is 6.86. The van der Waals surface area contributed by atoms with Crippen LogP contribution in [0.5, 0.6) is 5.75 Å². The van der Waals surface area contributed by atoms with E-state index in [0.29, 0.717) is 5.92 Å². The van der Waals surface area contributed by atoms with Gasteiger partial charge in [0.05, 0.1) is 25.0 Å². The Labute approximate surface area is 118 Å². The molecular weight excluding hydrogens is 252 g/mol. The van der Waals surface area contributed by atoms with Crippen LogP contribution < -0.4 is 16.0 Å². The van der Waals surface area contributed by atoms with Gasteiger partial charge in [-0.3, -0.25) is 16.0 Å². The van der Waals surface area contributed by atoms with E-state index in [-0.39, 0.29) is 6.04 Å². The summed E-state index contributed by atoms with van der Waals surface area (Å²) >= 11 is 0. The number of aromatic nitrogens is 2. The summed E-state index contributed by atoms with van der Waals surface area (Å²) in [6.45, 7) is 0. The van der Waals surface area contributed by atoms with E-state index in [1.54, 1.807) is 13.3 Å². The van der Waals surface area contributed by atoms with Crippen molar-refractivity contribution in [2.45, 2.75) is 24.8 Å². The van der Waals surface area contributed by atoms with Gasteiger partial charge in [0.2, 0.25) is 0 Å². The number of nitrogens with one attached hydrogen (secondary N) is 1. The maximum Gasteiger partial charge on any atom is 0.161 e. The van der Waals surface area contributed by atoms with Gasteiger partial charge in [-0.2, -0.15) is 5.10 Å². The molecule has 0 fully saturated rings. The first-order valence-corrected chi connectivity index (χ1v) is 6.86. The third-order valence-electron chi connectivity index (χ3n) is 4.22. The third kappa shape index (κ3) is 1.99. The lowest BCUT2D eigenvalue weighted by molar-refractivity contribution is 0.375. The Morgan fingerprint density at radius 3 is 3.00 bits per heavy atom. The maximum atomic E-state index is 5.85. The Hall–Kier alpha value is -1.85. The lowest BCUT2D eigenvalue weighted by Gasteiger charge is -2.24. The van der Waals surface area contributed by atoms with Gasteiger partial charge in [-0.1, -0.05) is 24.3 Å². The predicted molar refractivity (Wildman–Crippen MR) is 77.3 cm³/mol. The number of hydrazine groups is 1. The van der Waals surface area contributed by atoms with E-state index >= 15 is 0 Å². The topological polar surface area (TPSA) is 65.1 Å². The van der Waals surface area contributed by atoms with Crippen molar-refractivity contribution in [3.63, 3.8) is 0 Å². The van der Waals surface area contributed by atoms with E-state index in [1.165, 1.54) is 11.1 Å². The van der Waals surface area contributed by atoms with Crippen LogP contribution in [0.1, 0.15) is 35.2 Å². The molecule has 0 spiro atoms. The standard InChI is InChI=1S/C15H20N4O/c1-19-15(13(20-2)9-17-19)14(18-16)12-8-7-10-5-3-4-6-11(10)12/h3-6,9,12,14,18H,7-8,16H2,1-2H3. The minimum Gasteiger partial charge on any atom is -0.493 e. The number of methoxy groups -OCH3 is 1. The van der Waals surface area contributed by atoms with Gasteiger partial charge in [0, 0.05) is 13.0 Å². The van der Waals surface area contributed by atoms with Crippen LogP contribution in [0.15, 0.2) is 30.5 Å². The van der Waals surface area contributed by atoms with Crippen molar-refractivity contribution in [2.24, 2.45) is 12.9 Å². The zero-order valence-corrected chi connectivity index (χ0v) is 11.8. The van der Waals surface area contributed by atoms with Crippen LogP contribution in [0.2, 0.25) is 0 Å². The molecule has 0 saturated heterocycles. The SMILES string of the molecule is COc1cnn(C)c1C(NN)C1CCc2ccccc21. The van der Waals surface area contributed by atoms with Gasteiger partial charge in [-0.05, 0) is 24.0 Å². The molecule has 3 N–H and O–H groups in total.